The van der Waals surface area contributed by atoms with Crippen molar-refractivity contribution in [1.82, 2.24) is 9.78 Å². The second kappa shape index (κ2) is 4.99. The zero-order valence-corrected chi connectivity index (χ0v) is 10.5. The minimum atomic E-state index is -4.53. The summed E-state index contributed by atoms with van der Waals surface area (Å²) in [6, 6.07) is 6.21. The van der Waals surface area contributed by atoms with E-state index < -0.39 is 17.7 Å². The van der Waals surface area contributed by atoms with Crippen LogP contribution in [0.25, 0.3) is 5.69 Å². The molecule has 2 rings (SSSR count). The molecule has 0 saturated heterocycles. The lowest BCUT2D eigenvalue weighted by Gasteiger charge is -2.14. The zero-order valence-electron chi connectivity index (χ0n) is 10.5. The van der Waals surface area contributed by atoms with E-state index in [0.717, 1.165) is 10.7 Å². The Labute approximate surface area is 112 Å². The number of alkyl halides is 3. The van der Waals surface area contributed by atoms with Crippen LogP contribution >= 0.6 is 0 Å². The molecule has 1 heterocycles. The number of hydrogen-bond donors (Lipinski definition) is 1. The van der Waals surface area contributed by atoms with E-state index in [9.17, 15) is 18.0 Å². The van der Waals surface area contributed by atoms with Crippen LogP contribution in [-0.2, 0) is 12.6 Å². The fourth-order valence-corrected chi connectivity index (χ4v) is 1.88. The van der Waals surface area contributed by atoms with Gasteiger partial charge in [0.05, 0.1) is 11.3 Å². The van der Waals surface area contributed by atoms with Crippen molar-refractivity contribution in [3.8, 4) is 5.69 Å². The molecule has 1 N–H and O–H groups in total. The highest BCUT2D eigenvalue weighted by Crippen LogP contribution is 2.34. The van der Waals surface area contributed by atoms with E-state index in [1.54, 1.807) is 6.92 Å². The van der Waals surface area contributed by atoms with Gasteiger partial charge in [0, 0.05) is 5.69 Å². The van der Waals surface area contributed by atoms with Crippen LogP contribution in [-0.4, -0.2) is 20.9 Å². The molecule has 0 atom stereocenters. The number of hydrogen-bond acceptors (Lipinski definition) is 2. The minimum Gasteiger partial charge on any atom is -0.476 e. The van der Waals surface area contributed by atoms with Crippen LogP contribution in [0.1, 0.15) is 28.7 Å². The quantitative estimate of drug-likeness (QED) is 0.942. The van der Waals surface area contributed by atoms with E-state index in [-0.39, 0.29) is 11.4 Å². The number of carbonyl (C=O) groups is 1. The van der Waals surface area contributed by atoms with Crippen molar-refractivity contribution in [3.63, 3.8) is 0 Å². The monoisotopic (exact) mass is 284 g/mol. The maximum Gasteiger partial charge on any atom is 0.418 e. The van der Waals surface area contributed by atoms with Gasteiger partial charge in [0.1, 0.15) is 0 Å². The molecule has 7 heteroatoms. The van der Waals surface area contributed by atoms with Crippen molar-refractivity contribution in [2.45, 2.75) is 19.5 Å². The zero-order chi connectivity index (χ0) is 14.9. The molecule has 4 nitrogen and oxygen atoms in total. The van der Waals surface area contributed by atoms with Crippen molar-refractivity contribution in [3.05, 3.63) is 47.3 Å². The molecule has 0 aliphatic rings. The second-order valence-corrected chi connectivity index (χ2v) is 4.11. The molecule has 0 saturated carbocycles. The largest absolute Gasteiger partial charge is 0.476 e. The molecule has 1 aromatic carbocycles. The SMILES string of the molecule is CCc1cc(C(=O)O)nn1-c1ccccc1C(F)(F)F. The van der Waals surface area contributed by atoms with Crippen LogP contribution in [0, 0.1) is 0 Å². The van der Waals surface area contributed by atoms with Crippen LogP contribution < -0.4 is 0 Å². The molecule has 20 heavy (non-hydrogen) atoms. The van der Waals surface area contributed by atoms with E-state index in [1.165, 1.54) is 24.3 Å². The Bertz CT molecular complexity index is 647. The first-order valence-electron chi connectivity index (χ1n) is 5.83. The standard InChI is InChI=1S/C13H11F3N2O2/c1-2-8-7-10(12(19)20)17-18(8)11-6-4-3-5-9(11)13(14,15)16/h3-7H,2H2,1H3,(H,19,20). The summed E-state index contributed by atoms with van der Waals surface area (Å²) in [5, 5.41) is 12.6. The Morgan fingerprint density at radius 2 is 2.00 bits per heavy atom. The fraction of sp³-hybridized carbons (Fsp3) is 0.231. The van der Waals surface area contributed by atoms with E-state index in [0.29, 0.717) is 12.1 Å². The van der Waals surface area contributed by atoms with Gasteiger partial charge in [0.15, 0.2) is 5.69 Å². The Hall–Kier alpha value is -2.31. The fourth-order valence-electron chi connectivity index (χ4n) is 1.88. The summed E-state index contributed by atoms with van der Waals surface area (Å²) in [4.78, 5) is 10.9. The Balaban J connectivity index is 2.66. The number of nitrogens with zero attached hydrogens (tertiary/aromatic N) is 2. The first-order chi connectivity index (χ1) is 9.34. The third kappa shape index (κ3) is 2.52. The summed E-state index contributed by atoms with van der Waals surface area (Å²) in [6.45, 7) is 1.72. The van der Waals surface area contributed by atoms with E-state index in [4.69, 9.17) is 5.11 Å². The molecule has 2 aromatic rings. The van der Waals surface area contributed by atoms with Gasteiger partial charge >= 0.3 is 12.1 Å². The predicted molar refractivity (Wildman–Crippen MR) is 64.9 cm³/mol. The predicted octanol–water partition coefficient (Wildman–Crippen LogP) is 3.15. The molecule has 0 spiro atoms. The van der Waals surface area contributed by atoms with Gasteiger partial charge in [0.25, 0.3) is 0 Å². The van der Waals surface area contributed by atoms with Gasteiger partial charge in [0.2, 0.25) is 0 Å². The Kier molecular flexibility index (Phi) is 3.52. The Morgan fingerprint density at radius 3 is 2.55 bits per heavy atom. The third-order valence-corrected chi connectivity index (χ3v) is 2.80. The summed E-state index contributed by atoms with van der Waals surface area (Å²) >= 11 is 0. The topological polar surface area (TPSA) is 55.1 Å². The average molecular weight is 284 g/mol. The summed E-state index contributed by atoms with van der Waals surface area (Å²) in [7, 11) is 0. The van der Waals surface area contributed by atoms with Crippen LogP contribution in [0.4, 0.5) is 13.2 Å². The van der Waals surface area contributed by atoms with Gasteiger partial charge in [-0.25, -0.2) is 9.48 Å². The summed E-state index contributed by atoms with van der Waals surface area (Å²) in [6.07, 6.45) is -4.16. The molecular weight excluding hydrogens is 273 g/mol. The maximum atomic E-state index is 13.0. The number of rotatable bonds is 3. The second-order valence-electron chi connectivity index (χ2n) is 4.11. The highest BCUT2D eigenvalue weighted by molar-refractivity contribution is 5.85. The lowest BCUT2D eigenvalue weighted by Crippen LogP contribution is -2.13. The first-order valence-corrected chi connectivity index (χ1v) is 5.83. The van der Waals surface area contributed by atoms with Gasteiger partial charge in [-0.3, -0.25) is 0 Å². The van der Waals surface area contributed by atoms with Crippen LogP contribution in [0.15, 0.2) is 30.3 Å². The highest BCUT2D eigenvalue weighted by Gasteiger charge is 2.34. The summed E-state index contributed by atoms with van der Waals surface area (Å²) < 4.78 is 40.0. The lowest BCUT2D eigenvalue weighted by atomic mass is 10.1. The number of benzene rings is 1. The first kappa shape index (κ1) is 14.1. The van der Waals surface area contributed by atoms with E-state index in [1.807, 2.05) is 0 Å². The number of halogens is 3. The van der Waals surface area contributed by atoms with Crippen molar-refractivity contribution < 1.29 is 23.1 Å². The molecule has 0 unspecified atom stereocenters. The lowest BCUT2D eigenvalue weighted by molar-refractivity contribution is -0.137. The molecule has 0 aliphatic heterocycles. The van der Waals surface area contributed by atoms with Crippen molar-refractivity contribution in [2.75, 3.05) is 0 Å². The van der Waals surface area contributed by atoms with Gasteiger partial charge in [-0.1, -0.05) is 19.1 Å². The smallest absolute Gasteiger partial charge is 0.418 e. The number of carboxylic acid groups (broad SMARTS) is 1. The Morgan fingerprint density at radius 1 is 1.35 bits per heavy atom. The molecule has 0 amide bonds. The van der Waals surface area contributed by atoms with Crippen LogP contribution in [0.5, 0.6) is 0 Å². The maximum absolute atomic E-state index is 13.0. The van der Waals surface area contributed by atoms with E-state index >= 15 is 0 Å². The molecule has 0 aliphatic carbocycles. The normalized spacial score (nSPS) is 11.6. The number of carboxylic acids is 1. The number of aromatic carboxylic acids is 1. The van der Waals surface area contributed by atoms with Gasteiger partial charge in [-0.15, -0.1) is 0 Å². The third-order valence-electron chi connectivity index (χ3n) is 2.80. The highest BCUT2D eigenvalue weighted by atomic mass is 19.4. The van der Waals surface area contributed by atoms with Gasteiger partial charge in [-0.05, 0) is 24.6 Å². The molecule has 0 fully saturated rings. The molecule has 1 aromatic heterocycles. The van der Waals surface area contributed by atoms with Crippen molar-refractivity contribution in [2.24, 2.45) is 0 Å². The van der Waals surface area contributed by atoms with E-state index in [2.05, 4.69) is 5.10 Å². The molecular formula is C13H11F3N2O2. The number of para-hydroxylation sites is 1. The van der Waals surface area contributed by atoms with Gasteiger partial charge in [-0.2, -0.15) is 18.3 Å². The number of aryl methyl sites for hydroxylation is 1. The molecule has 106 valence electrons. The summed E-state index contributed by atoms with van der Waals surface area (Å²) in [5.74, 6) is -1.28. The van der Waals surface area contributed by atoms with Gasteiger partial charge < -0.3 is 5.11 Å². The van der Waals surface area contributed by atoms with Crippen LogP contribution in [0.3, 0.4) is 0 Å². The average Bonchev–Trinajstić information content (AvgIpc) is 2.82. The van der Waals surface area contributed by atoms with Crippen molar-refractivity contribution >= 4 is 5.97 Å². The van der Waals surface area contributed by atoms with Crippen molar-refractivity contribution in [1.29, 1.82) is 0 Å². The van der Waals surface area contributed by atoms with Crippen LogP contribution in [0.2, 0.25) is 0 Å². The number of aromatic nitrogens is 2. The molecule has 0 bridgehead atoms. The molecule has 0 radical (unpaired) electrons. The minimum absolute atomic E-state index is 0.177. The summed E-state index contributed by atoms with van der Waals surface area (Å²) in [5.41, 5.74) is -0.906.